The first-order valence-corrected chi connectivity index (χ1v) is 8.71. The molecule has 0 radical (unpaired) electrons. The van der Waals surface area contributed by atoms with E-state index in [-0.39, 0.29) is 30.1 Å². The Labute approximate surface area is 116 Å². The van der Waals surface area contributed by atoms with E-state index in [1.807, 2.05) is 12.3 Å². The average molecular weight is 304 g/mol. The van der Waals surface area contributed by atoms with Crippen molar-refractivity contribution in [1.29, 1.82) is 0 Å². The minimum absolute atomic E-state index is 0.0365. The molecular formula is C11H16N2O4S2. The van der Waals surface area contributed by atoms with Crippen molar-refractivity contribution in [2.24, 2.45) is 0 Å². The lowest BCUT2D eigenvalue weighted by Crippen LogP contribution is -2.41. The molecule has 1 aromatic heterocycles. The number of aliphatic carboxylic acids is 1. The maximum absolute atomic E-state index is 11.6. The molecule has 106 valence electrons. The second kappa shape index (κ2) is 5.56. The van der Waals surface area contributed by atoms with Gasteiger partial charge in [0.2, 0.25) is 0 Å². The van der Waals surface area contributed by atoms with Gasteiger partial charge in [-0.3, -0.25) is 9.69 Å². The third kappa shape index (κ3) is 3.52. The zero-order valence-corrected chi connectivity index (χ0v) is 12.2. The highest BCUT2D eigenvalue weighted by molar-refractivity contribution is 7.91. The van der Waals surface area contributed by atoms with Gasteiger partial charge in [-0.05, 0) is 13.3 Å². The third-order valence-electron chi connectivity index (χ3n) is 3.37. The van der Waals surface area contributed by atoms with Gasteiger partial charge in [0.05, 0.1) is 35.3 Å². The summed E-state index contributed by atoms with van der Waals surface area (Å²) in [5.41, 5.74) is 2.48. The number of nitrogens with zero attached hydrogens (tertiary/aromatic N) is 2. The van der Waals surface area contributed by atoms with Crippen LogP contribution in [-0.4, -0.2) is 53.5 Å². The van der Waals surface area contributed by atoms with Crippen LogP contribution in [-0.2, 0) is 14.6 Å². The summed E-state index contributed by atoms with van der Waals surface area (Å²) in [4.78, 5) is 16.9. The van der Waals surface area contributed by atoms with Gasteiger partial charge in [0.15, 0.2) is 9.84 Å². The number of thiazole rings is 1. The molecule has 1 aliphatic rings. The Morgan fingerprint density at radius 2 is 2.42 bits per heavy atom. The lowest BCUT2D eigenvalue weighted by Gasteiger charge is -2.31. The lowest BCUT2D eigenvalue weighted by atomic mass is 10.1. The highest BCUT2D eigenvalue weighted by atomic mass is 32.2. The summed E-state index contributed by atoms with van der Waals surface area (Å²) in [5, 5.41) is 10.9. The Balaban J connectivity index is 2.19. The van der Waals surface area contributed by atoms with E-state index in [0.717, 1.165) is 5.69 Å². The molecule has 0 aromatic carbocycles. The molecule has 2 heterocycles. The van der Waals surface area contributed by atoms with E-state index in [1.54, 1.807) is 10.4 Å². The van der Waals surface area contributed by atoms with Crippen molar-refractivity contribution in [3.63, 3.8) is 0 Å². The molecule has 0 aliphatic carbocycles. The molecule has 6 nitrogen and oxygen atoms in total. The summed E-state index contributed by atoms with van der Waals surface area (Å²) in [6.07, 6.45) is 0.490. The van der Waals surface area contributed by atoms with Crippen molar-refractivity contribution in [2.75, 3.05) is 18.1 Å². The molecule has 1 N–H and O–H groups in total. The normalized spacial score (nSPS) is 23.6. The number of sulfone groups is 1. The zero-order chi connectivity index (χ0) is 14.0. The summed E-state index contributed by atoms with van der Waals surface area (Å²) < 4.78 is 23.1. The van der Waals surface area contributed by atoms with E-state index in [2.05, 4.69) is 4.98 Å². The molecule has 0 saturated carbocycles. The zero-order valence-electron chi connectivity index (χ0n) is 10.5. The van der Waals surface area contributed by atoms with E-state index in [4.69, 9.17) is 5.11 Å². The van der Waals surface area contributed by atoms with Crippen LogP contribution in [0.1, 0.15) is 25.1 Å². The first-order valence-electron chi connectivity index (χ1n) is 5.95. The summed E-state index contributed by atoms with van der Waals surface area (Å²) >= 11 is 1.44. The molecule has 2 unspecified atom stereocenters. The number of hydrogen-bond donors (Lipinski definition) is 1. The Morgan fingerprint density at radius 3 is 2.89 bits per heavy atom. The van der Waals surface area contributed by atoms with Crippen LogP contribution >= 0.6 is 11.3 Å². The van der Waals surface area contributed by atoms with E-state index in [9.17, 15) is 13.2 Å². The number of rotatable bonds is 5. The highest BCUT2D eigenvalue weighted by Crippen LogP contribution is 2.27. The summed E-state index contributed by atoms with van der Waals surface area (Å²) in [6.45, 7) is 1.70. The fraction of sp³-hybridized carbons (Fsp3) is 0.636. The second-order valence-corrected chi connectivity index (χ2v) is 7.66. The molecule has 0 bridgehead atoms. The predicted molar refractivity (Wildman–Crippen MR) is 71.9 cm³/mol. The SMILES string of the molecule is CC(c1cscn1)N(CC(=O)O)C1CCS(=O)(=O)C1. The van der Waals surface area contributed by atoms with Crippen LogP contribution in [0.25, 0.3) is 0 Å². The van der Waals surface area contributed by atoms with Gasteiger partial charge in [0, 0.05) is 11.4 Å². The third-order valence-corrected chi connectivity index (χ3v) is 5.73. The molecular weight excluding hydrogens is 288 g/mol. The molecule has 1 aromatic rings. The first-order chi connectivity index (χ1) is 8.89. The van der Waals surface area contributed by atoms with E-state index < -0.39 is 15.8 Å². The molecule has 1 aliphatic heterocycles. The maximum Gasteiger partial charge on any atom is 0.317 e. The minimum Gasteiger partial charge on any atom is -0.480 e. The van der Waals surface area contributed by atoms with Gasteiger partial charge in [0.25, 0.3) is 0 Å². The lowest BCUT2D eigenvalue weighted by molar-refractivity contribution is -0.139. The summed E-state index contributed by atoms with van der Waals surface area (Å²) in [7, 11) is -3.03. The Morgan fingerprint density at radius 1 is 1.68 bits per heavy atom. The van der Waals surface area contributed by atoms with Gasteiger partial charge < -0.3 is 5.11 Å². The second-order valence-electron chi connectivity index (χ2n) is 4.71. The standard InChI is InChI=1S/C11H16N2O4S2/c1-8(10-5-18-7-12-10)13(4-11(14)15)9-2-3-19(16,17)6-9/h5,7-9H,2-4,6H2,1H3,(H,14,15). The molecule has 1 saturated heterocycles. The van der Waals surface area contributed by atoms with Crippen molar-refractivity contribution in [2.45, 2.75) is 25.4 Å². The van der Waals surface area contributed by atoms with Crippen LogP contribution < -0.4 is 0 Å². The maximum atomic E-state index is 11.6. The van der Waals surface area contributed by atoms with Crippen molar-refractivity contribution in [1.82, 2.24) is 9.88 Å². The largest absolute Gasteiger partial charge is 0.480 e. The highest BCUT2D eigenvalue weighted by Gasteiger charge is 2.36. The Kier molecular flexibility index (Phi) is 4.22. The Hall–Kier alpha value is -0.990. The van der Waals surface area contributed by atoms with Crippen LogP contribution in [0.2, 0.25) is 0 Å². The summed E-state index contributed by atoms with van der Waals surface area (Å²) in [6, 6.07) is -0.432. The van der Waals surface area contributed by atoms with Crippen molar-refractivity contribution < 1.29 is 18.3 Å². The molecule has 0 spiro atoms. The molecule has 2 atom stereocenters. The van der Waals surface area contributed by atoms with Crippen molar-refractivity contribution in [3.05, 3.63) is 16.6 Å². The van der Waals surface area contributed by atoms with Crippen LogP contribution in [0, 0.1) is 0 Å². The van der Waals surface area contributed by atoms with Crippen LogP contribution in [0.5, 0.6) is 0 Å². The predicted octanol–water partition coefficient (Wildman–Crippen LogP) is 0.778. The van der Waals surface area contributed by atoms with Gasteiger partial charge in [0.1, 0.15) is 0 Å². The fourth-order valence-electron chi connectivity index (χ4n) is 2.37. The molecule has 2 rings (SSSR count). The number of carboxylic acid groups (broad SMARTS) is 1. The number of aromatic nitrogens is 1. The number of carboxylic acids is 1. The van der Waals surface area contributed by atoms with E-state index >= 15 is 0 Å². The Bertz CT molecular complexity index is 541. The van der Waals surface area contributed by atoms with Gasteiger partial charge in [-0.25, -0.2) is 13.4 Å². The molecule has 0 amide bonds. The number of hydrogen-bond acceptors (Lipinski definition) is 6. The molecule has 8 heteroatoms. The molecule has 19 heavy (non-hydrogen) atoms. The van der Waals surface area contributed by atoms with Gasteiger partial charge in [-0.15, -0.1) is 11.3 Å². The fourth-order valence-corrected chi connectivity index (χ4v) is 4.76. The van der Waals surface area contributed by atoms with E-state index in [0.29, 0.717) is 6.42 Å². The van der Waals surface area contributed by atoms with Crippen LogP contribution in [0.15, 0.2) is 10.9 Å². The quantitative estimate of drug-likeness (QED) is 0.865. The van der Waals surface area contributed by atoms with Gasteiger partial charge in [-0.1, -0.05) is 0 Å². The van der Waals surface area contributed by atoms with E-state index in [1.165, 1.54) is 11.3 Å². The van der Waals surface area contributed by atoms with Crippen molar-refractivity contribution >= 4 is 27.1 Å². The van der Waals surface area contributed by atoms with Crippen LogP contribution in [0.4, 0.5) is 0 Å². The van der Waals surface area contributed by atoms with Crippen LogP contribution in [0.3, 0.4) is 0 Å². The smallest absolute Gasteiger partial charge is 0.317 e. The van der Waals surface area contributed by atoms with Gasteiger partial charge >= 0.3 is 5.97 Å². The number of carbonyl (C=O) groups is 1. The van der Waals surface area contributed by atoms with Crippen molar-refractivity contribution in [3.8, 4) is 0 Å². The molecule has 1 fully saturated rings. The monoisotopic (exact) mass is 304 g/mol. The average Bonchev–Trinajstić information content (AvgIpc) is 2.94. The topological polar surface area (TPSA) is 87.6 Å². The van der Waals surface area contributed by atoms with Gasteiger partial charge in [-0.2, -0.15) is 0 Å². The minimum atomic E-state index is -3.03. The summed E-state index contributed by atoms with van der Waals surface area (Å²) in [5.74, 6) is -0.779. The first kappa shape index (κ1) is 14.4.